The quantitative estimate of drug-likeness (QED) is 0.853. The van der Waals surface area contributed by atoms with E-state index < -0.39 is 0 Å². The summed E-state index contributed by atoms with van der Waals surface area (Å²) in [5.74, 6) is 2.52. The van der Waals surface area contributed by atoms with E-state index in [-0.39, 0.29) is 0 Å². The zero-order chi connectivity index (χ0) is 16.8. The maximum absolute atomic E-state index is 4.77. The largest absolute Gasteiger partial charge is 0.351 e. The number of benzene rings is 1. The van der Waals surface area contributed by atoms with Crippen LogP contribution >= 0.6 is 0 Å². The molecule has 4 saturated heterocycles. The van der Waals surface area contributed by atoms with Crippen molar-refractivity contribution in [2.75, 3.05) is 24.5 Å². The van der Waals surface area contributed by atoms with Gasteiger partial charge in [0.05, 0.1) is 0 Å². The highest BCUT2D eigenvalue weighted by Gasteiger charge is 2.53. The van der Waals surface area contributed by atoms with Gasteiger partial charge in [0.15, 0.2) is 0 Å². The summed E-state index contributed by atoms with van der Waals surface area (Å²) in [7, 11) is 0. The molecule has 4 fully saturated rings. The van der Waals surface area contributed by atoms with Gasteiger partial charge in [-0.1, -0.05) is 43.0 Å². The molecule has 1 aromatic heterocycles. The Balaban J connectivity index is 1.54. The van der Waals surface area contributed by atoms with Crippen LogP contribution in [0.1, 0.15) is 29.9 Å². The van der Waals surface area contributed by atoms with Crippen LogP contribution in [0.2, 0.25) is 0 Å². The highest BCUT2D eigenvalue weighted by atomic mass is 15.3. The van der Waals surface area contributed by atoms with E-state index >= 15 is 0 Å². The van der Waals surface area contributed by atoms with Gasteiger partial charge in [-0.15, -0.1) is 0 Å². The number of anilines is 1. The molecule has 3 atom stereocenters. The summed E-state index contributed by atoms with van der Waals surface area (Å²) in [4.78, 5) is 10.1. The van der Waals surface area contributed by atoms with Crippen LogP contribution in [0.15, 0.2) is 55.2 Å². The summed E-state index contributed by atoms with van der Waals surface area (Å²) in [6.45, 7) is 7.46. The van der Waals surface area contributed by atoms with Gasteiger partial charge < -0.3 is 4.90 Å². The van der Waals surface area contributed by atoms with Crippen molar-refractivity contribution in [2.24, 2.45) is 5.92 Å². The van der Waals surface area contributed by atoms with Gasteiger partial charge in [-0.25, -0.2) is 4.98 Å². The fourth-order valence-corrected chi connectivity index (χ4v) is 5.36. The lowest BCUT2D eigenvalue weighted by Gasteiger charge is -2.51. The Bertz CT molecular complexity index is 747. The van der Waals surface area contributed by atoms with Gasteiger partial charge in [0.25, 0.3) is 0 Å². The number of pyridine rings is 1. The molecule has 128 valence electrons. The number of fused-ring (bicyclic) bond motifs is 2. The lowest BCUT2D eigenvalue weighted by Crippen LogP contribution is -2.60. The standard InChI is InChI=1S/C22H25N3/c1-2-16-8-9-20(23-14-16)25-15-19(17-6-4-3-5-7-17)22-21(25)18-10-12-24(22)13-11-18/h2-9,14,18-19,21-22H,1,10-13,15H2/t19-,21-,22-/m1/s1. The molecule has 0 aliphatic carbocycles. The van der Waals surface area contributed by atoms with Gasteiger partial charge in [-0.3, -0.25) is 4.90 Å². The molecule has 3 nitrogen and oxygen atoms in total. The van der Waals surface area contributed by atoms with Crippen molar-refractivity contribution in [3.05, 3.63) is 66.4 Å². The lowest BCUT2D eigenvalue weighted by molar-refractivity contribution is 0.0354. The Morgan fingerprint density at radius 3 is 2.48 bits per heavy atom. The second kappa shape index (κ2) is 5.99. The zero-order valence-electron chi connectivity index (χ0n) is 14.6. The molecular formula is C22H25N3. The number of rotatable bonds is 3. The second-order valence-electron chi connectivity index (χ2n) is 7.68. The zero-order valence-corrected chi connectivity index (χ0v) is 14.6. The van der Waals surface area contributed by atoms with Crippen molar-refractivity contribution in [1.29, 1.82) is 0 Å². The molecule has 4 aliphatic rings. The molecule has 0 amide bonds. The number of hydrogen-bond acceptors (Lipinski definition) is 3. The van der Waals surface area contributed by atoms with Crippen LogP contribution in [0.5, 0.6) is 0 Å². The third-order valence-corrected chi connectivity index (χ3v) is 6.52. The van der Waals surface area contributed by atoms with Crippen molar-refractivity contribution in [2.45, 2.75) is 30.8 Å². The van der Waals surface area contributed by atoms with Crippen molar-refractivity contribution >= 4 is 11.9 Å². The maximum atomic E-state index is 4.77. The highest BCUT2D eigenvalue weighted by molar-refractivity contribution is 5.52. The van der Waals surface area contributed by atoms with E-state index in [9.17, 15) is 0 Å². The molecule has 5 heterocycles. The predicted octanol–water partition coefficient (Wildman–Crippen LogP) is 3.79. The van der Waals surface area contributed by atoms with Crippen molar-refractivity contribution in [3.63, 3.8) is 0 Å². The summed E-state index contributed by atoms with van der Waals surface area (Å²) >= 11 is 0. The fraction of sp³-hybridized carbons (Fsp3) is 0.409. The van der Waals surface area contributed by atoms with Gasteiger partial charge in [0.1, 0.15) is 5.82 Å². The molecule has 4 aliphatic heterocycles. The van der Waals surface area contributed by atoms with Crippen molar-refractivity contribution in [1.82, 2.24) is 9.88 Å². The van der Waals surface area contributed by atoms with Gasteiger partial charge in [-0.2, -0.15) is 0 Å². The molecule has 3 heteroatoms. The summed E-state index contributed by atoms with van der Waals surface area (Å²) in [6, 6.07) is 16.7. The number of aromatic nitrogens is 1. The van der Waals surface area contributed by atoms with E-state index in [0.29, 0.717) is 18.0 Å². The Morgan fingerprint density at radius 2 is 1.80 bits per heavy atom. The monoisotopic (exact) mass is 331 g/mol. The minimum atomic E-state index is 0.579. The SMILES string of the molecule is C=Cc1ccc(N2C[C@H](c3ccccc3)[C@@H]3[C@H]2C2CCN3CC2)nc1. The highest BCUT2D eigenvalue weighted by Crippen LogP contribution is 2.47. The van der Waals surface area contributed by atoms with E-state index in [1.165, 1.54) is 31.5 Å². The summed E-state index contributed by atoms with van der Waals surface area (Å²) in [5.41, 5.74) is 2.57. The topological polar surface area (TPSA) is 19.4 Å². The van der Waals surface area contributed by atoms with E-state index in [2.05, 4.69) is 58.8 Å². The van der Waals surface area contributed by atoms with E-state index in [0.717, 1.165) is 23.8 Å². The molecule has 0 unspecified atom stereocenters. The maximum Gasteiger partial charge on any atom is 0.128 e. The molecule has 1 aromatic carbocycles. The van der Waals surface area contributed by atoms with Crippen molar-refractivity contribution in [3.8, 4) is 0 Å². The molecule has 0 radical (unpaired) electrons. The second-order valence-corrected chi connectivity index (χ2v) is 7.68. The van der Waals surface area contributed by atoms with Crippen LogP contribution in [0, 0.1) is 5.92 Å². The van der Waals surface area contributed by atoms with Gasteiger partial charge in [-0.05, 0) is 55.1 Å². The first-order valence-electron chi connectivity index (χ1n) is 9.49. The average Bonchev–Trinajstić information content (AvgIpc) is 3.12. The van der Waals surface area contributed by atoms with Crippen LogP contribution in [0.25, 0.3) is 6.08 Å². The van der Waals surface area contributed by atoms with Gasteiger partial charge in [0.2, 0.25) is 0 Å². The van der Waals surface area contributed by atoms with Crippen LogP contribution in [-0.4, -0.2) is 41.6 Å². The minimum absolute atomic E-state index is 0.579. The van der Waals surface area contributed by atoms with E-state index in [1.807, 2.05) is 12.3 Å². The number of hydrogen-bond donors (Lipinski definition) is 0. The predicted molar refractivity (Wildman–Crippen MR) is 103 cm³/mol. The van der Waals surface area contributed by atoms with Crippen LogP contribution < -0.4 is 4.90 Å². The van der Waals surface area contributed by atoms with Gasteiger partial charge >= 0.3 is 0 Å². The normalized spacial score (nSPS) is 33.3. The summed E-state index contributed by atoms with van der Waals surface area (Å²) < 4.78 is 0. The molecule has 0 spiro atoms. The van der Waals surface area contributed by atoms with E-state index in [4.69, 9.17) is 4.98 Å². The lowest BCUT2D eigenvalue weighted by atomic mass is 9.75. The minimum Gasteiger partial charge on any atom is -0.351 e. The fourth-order valence-electron chi connectivity index (χ4n) is 5.36. The van der Waals surface area contributed by atoms with Crippen LogP contribution in [-0.2, 0) is 0 Å². The summed E-state index contributed by atoms with van der Waals surface area (Å²) in [6.07, 6.45) is 6.49. The van der Waals surface area contributed by atoms with Gasteiger partial charge in [0, 0.05) is 30.7 Å². The third-order valence-electron chi connectivity index (χ3n) is 6.52. The first-order valence-corrected chi connectivity index (χ1v) is 9.49. The Morgan fingerprint density at radius 1 is 1.00 bits per heavy atom. The van der Waals surface area contributed by atoms with Crippen LogP contribution in [0.4, 0.5) is 5.82 Å². The first kappa shape index (κ1) is 15.2. The number of nitrogens with zero attached hydrogens (tertiary/aromatic N) is 3. The molecular weight excluding hydrogens is 306 g/mol. The molecule has 0 N–H and O–H groups in total. The first-order chi connectivity index (χ1) is 12.3. The Labute approximate surface area is 150 Å². The van der Waals surface area contributed by atoms with Crippen molar-refractivity contribution < 1.29 is 0 Å². The molecule has 2 bridgehead atoms. The molecule has 0 saturated carbocycles. The smallest absolute Gasteiger partial charge is 0.128 e. The molecule has 6 rings (SSSR count). The Kier molecular flexibility index (Phi) is 3.63. The van der Waals surface area contributed by atoms with Crippen LogP contribution in [0.3, 0.4) is 0 Å². The summed E-state index contributed by atoms with van der Waals surface area (Å²) in [5, 5.41) is 0. The molecule has 2 aromatic rings. The third kappa shape index (κ3) is 2.41. The molecule has 25 heavy (non-hydrogen) atoms. The number of piperidine rings is 3. The average molecular weight is 331 g/mol. The van der Waals surface area contributed by atoms with E-state index in [1.54, 1.807) is 0 Å². The Hall–Kier alpha value is -2.13.